The molecule has 1 aliphatic heterocycles. The monoisotopic (exact) mass is 266 g/mol. The van der Waals surface area contributed by atoms with E-state index in [1.54, 1.807) is 0 Å². The van der Waals surface area contributed by atoms with Gasteiger partial charge in [0.15, 0.2) is 0 Å². The van der Waals surface area contributed by atoms with Crippen LogP contribution in [-0.4, -0.2) is 60.5 Å². The zero-order chi connectivity index (χ0) is 12.8. The second kappa shape index (κ2) is 7.59. The summed E-state index contributed by atoms with van der Waals surface area (Å²) in [4.78, 5) is 2.11. The van der Waals surface area contributed by atoms with Gasteiger partial charge < -0.3 is 15.2 Å². The maximum absolute atomic E-state index is 12.4. The molecule has 6 heteroatoms. The summed E-state index contributed by atoms with van der Waals surface area (Å²) in [5.74, 6) is 0. The quantitative estimate of drug-likeness (QED) is 0.690. The number of nitrogens with one attached hydrogen (secondary N) is 1. The third-order valence-electron chi connectivity index (χ3n) is 2.76. The minimum Gasteiger partial charge on any atom is -0.392 e. The van der Waals surface area contributed by atoms with E-state index in [1.165, 1.54) is 0 Å². The molecule has 0 saturated carbocycles. The third kappa shape index (κ3) is 6.63. The molecule has 0 aliphatic carbocycles. The van der Waals surface area contributed by atoms with Gasteiger partial charge in [0.25, 0.3) is 0 Å². The first-order chi connectivity index (χ1) is 7.97. The summed E-state index contributed by atoms with van der Waals surface area (Å²) in [5.41, 5.74) is 0. The van der Waals surface area contributed by atoms with Crippen LogP contribution in [0.1, 0.15) is 20.3 Å². The molecule has 4 unspecified atom stereocenters. The van der Waals surface area contributed by atoms with Crippen molar-refractivity contribution in [2.24, 2.45) is 0 Å². The van der Waals surface area contributed by atoms with Crippen molar-refractivity contribution in [3.63, 3.8) is 0 Å². The Hall–Kier alpha value is 0.200. The van der Waals surface area contributed by atoms with Crippen LogP contribution >= 0.6 is 9.24 Å². The van der Waals surface area contributed by atoms with Gasteiger partial charge in [-0.05, 0) is 6.42 Å². The molecule has 0 radical (unpaired) electrons. The number of rotatable bonds is 6. The van der Waals surface area contributed by atoms with Crippen molar-refractivity contribution < 1.29 is 14.2 Å². The molecule has 1 aliphatic rings. The van der Waals surface area contributed by atoms with Crippen LogP contribution in [0.15, 0.2) is 0 Å². The molecule has 1 fully saturated rings. The van der Waals surface area contributed by atoms with Crippen LogP contribution in [0.4, 0.5) is 4.39 Å². The molecule has 0 bridgehead atoms. The third-order valence-corrected chi connectivity index (χ3v) is 2.95. The van der Waals surface area contributed by atoms with Gasteiger partial charge in [-0.25, -0.2) is 4.39 Å². The molecule has 17 heavy (non-hydrogen) atoms. The molecule has 4 nitrogen and oxygen atoms in total. The van der Waals surface area contributed by atoms with Crippen molar-refractivity contribution in [2.45, 2.75) is 44.6 Å². The number of alkyl halides is 1. The van der Waals surface area contributed by atoms with E-state index in [9.17, 15) is 9.50 Å². The summed E-state index contributed by atoms with van der Waals surface area (Å²) in [6.45, 7) is 6.72. The van der Waals surface area contributed by atoms with Crippen LogP contribution in [0.25, 0.3) is 0 Å². The summed E-state index contributed by atoms with van der Waals surface area (Å²) in [7, 11) is 1.96. The lowest BCUT2D eigenvalue weighted by Crippen LogP contribution is -2.53. The molecule has 0 aromatic carbocycles. The zero-order valence-corrected chi connectivity index (χ0v) is 11.8. The summed E-state index contributed by atoms with van der Waals surface area (Å²) in [6, 6.07) is 0.710. The number of halogens is 1. The van der Waals surface area contributed by atoms with E-state index in [-0.39, 0.29) is 6.10 Å². The minimum atomic E-state index is -1.30. The van der Waals surface area contributed by atoms with Gasteiger partial charge in [0, 0.05) is 31.7 Å². The number of likely N-dealkylation sites (tertiary alicyclic amines) is 1. The predicted molar refractivity (Wildman–Crippen MR) is 69.7 cm³/mol. The van der Waals surface area contributed by atoms with Crippen LogP contribution in [-0.2, 0) is 4.74 Å². The summed E-state index contributed by atoms with van der Waals surface area (Å²) >= 11 is 0. The van der Waals surface area contributed by atoms with Crippen molar-refractivity contribution in [1.82, 2.24) is 10.2 Å². The Morgan fingerprint density at radius 2 is 2.24 bits per heavy atom. The van der Waals surface area contributed by atoms with Crippen LogP contribution in [0, 0.1) is 0 Å². The first-order valence-electron chi connectivity index (χ1n) is 6.15. The molecular weight excluding hydrogens is 242 g/mol. The maximum atomic E-state index is 12.4. The molecular formula is C11H24FN2O2P. The molecule has 102 valence electrons. The number of aliphatic hydroxyl groups excluding tert-OH is 1. The highest BCUT2D eigenvalue weighted by Crippen LogP contribution is 2.12. The van der Waals surface area contributed by atoms with E-state index in [1.807, 2.05) is 9.24 Å². The van der Waals surface area contributed by atoms with Crippen LogP contribution in [0.5, 0.6) is 0 Å². The SMILES string of the molecule is CC(C)NC1CC(O)CN(CCOC(F)P)C1. The molecule has 1 saturated heterocycles. The highest BCUT2D eigenvalue weighted by atomic mass is 31.0. The normalized spacial score (nSPS) is 28.6. The molecule has 4 atom stereocenters. The lowest BCUT2D eigenvalue weighted by Gasteiger charge is -2.36. The lowest BCUT2D eigenvalue weighted by molar-refractivity contribution is -0.00463. The number of ether oxygens (including phenoxy) is 1. The van der Waals surface area contributed by atoms with E-state index < -0.39 is 6.10 Å². The van der Waals surface area contributed by atoms with Crippen molar-refractivity contribution in [3.8, 4) is 0 Å². The Morgan fingerprint density at radius 1 is 1.53 bits per heavy atom. The Labute approximate surface area is 105 Å². The molecule has 1 rings (SSSR count). The van der Waals surface area contributed by atoms with E-state index in [0.717, 1.165) is 13.0 Å². The first kappa shape index (κ1) is 15.3. The van der Waals surface area contributed by atoms with Gasteiger partial charge in [-0.15, -0.1) is 0 Å². The second-order valence-electron chi connectivity index (χ2n) is 4.89. The number of aliphatic hydroxyl groups is 1. The highest BCUT2D eigenvalue weighted by Gasteiger charge is 2.25. The van der Waals surface area contributed by atoms with E-state index in [0.29, 0.717) is 31.8 Å². The number of nitrogens with zero attached hydrogens (tertiary/aromatic N) is 1. The second-order valence-corrected chi connectivity index (χ2v) is 5.41. The van der Waals surface area contributed by atoms with Gasteiger partial charge in [0.1, 0.15) is 0 Å². The standard InChI is InChI=1S/C11H24FN2O2P/c1-8(2)13-9-5-10(15)7-14(6-9)3-4-16-11(12)17/h8-11,13,15H,3-7,17H2,1-2H3. The van der Waals surface area contributed by atoms with Crippen molar-refractivity contribution >= 4 is 9.24 Å². The maximum Gasteiger partial charge on any atom is 0.211 e. The predicted octanol–water partition coefficient (Wildman–Crippen LogP) is 0.564. The van der Waals surface area contributed by atoms with Crippen LogP contribution in [0.3, 0.4) is 0 Å². The summed E-state index contributed by atoms with van der Waals surface area (Å²) in [6.07, 6.45) is -0.822. The van der Waals surface area contributed by atoms with E-state index in [4.69, 9.17) is 4.74 Å². The molecule has 2 N–H and O–H groups in total. The number of hydrogen-bond donors (Lipinski definition) is 2. The smallest absolute Gasteiger partial charge is 0.211 e. The number of piperidine rings is 1. The topological polar surface area (TPSA) is 44.7 Å². The Bertz CT molecular complexity index is 218. The highest BCUT2D eigenvalue weighted by molar-refractivity contribution is 7.16. The minimum absolute atomic E-state index is 0.302. The van der Waals surface area contributed by atoms with Crippen molar-refractivity contribution in [3.05, 3.63) is 0 Å². The number of β-amino-alcohol motifs (C(OH)–C–C–N with tert-alkyl or cyclic N) is 1. The molecule has 0 spiro atoms. The molecule has 1 heterocycles. The average molecular weight is 266 g/mol. The van der Waals surface area contributed by atoms with Gasteiger partial charge in [-0.3, -0.25) is 4.90 Å². The largest absolute Gasteiger partial charge is 0.392 e. The van der Waals surface area contributed by atoms with Gasteiger partial charge in [0.2, 0.25) is 6.10 Å². The van der Waals surface area contributed by atoms with Gasteiger partial charge >= 0.3 is 0 Å². The van der Waals surface area contributed by atoms with E-state index >= 15 is 0 Å². The summed E-state index contributed by atoms with van der Waals surface area (Å²) < 4.78 is 17.3. The van der Waals surface area contributed by atoms with E-state index in [2.05, 4.69) is 24.1 Å². The van der Waals surface area contributed by atoms with Gasteiger partial charge in [0.05, 0.1) is 12.7 Å². The fourth-order valence-electron chi connectivity index (χ4n) is 2.23. The molecule has 0 aromatic rings. The zero-order valence-electron chi connectivity index (χ0n) is 10.6. The molecule has 0 aromatic heterocycles. The lowest BCUT2D eigenvalue weighted by atomic mass is 10.0. The van der Waals surface area contributed by atoms with Gasteiger partial charge in [-0.1, -0.05) is 23.1 Å². The van der Waals surface area contributed by atoms with Crippen molar-refractivity contribution in [1.29, 1.82) is 0 Å². The Kier molecular flexibility index (Phi) is 6.82. The summed E-state index contributed by atoms with van der Waals surface area (Å²) in [5, 5.41) is 13.2. The number of hydrogen-bond acceptors (Lipinski definition) is 4. The Balaban J connectivity index is 2.29. The fraction of sp³-hybridized carbons (Fsp3) is 1.00. The molecule has 0 amide bonds. The van der Waals surface area contributed by atoms with Crippen molar-refractivity contribution in [2.75, 3.05) is 26.2 Å². The average Bonchev–Trinajstić information content (AvgIpc) is 2.14. The fourth-order valence-corrected chi connectivity index (χ4v) is 2.37. The van der Waals surface area contributed by atoms with Crippen LogP contribution in [0.2, 0.25) is 0 Å². The van der Waals surface area contributed by atoms with Crippen LogP contribution < -0.4 is 5.32 Å². The van der Waals surface area contributed by atoms with Gasteiger partial charge in [-0.2, -0.15) is 0 Å². The first-order valence-corrected chi connectivity index (χ1v) is 6.81. The Morgan fingerprint density at radius 3 is 2.82 bits per heavy atom.